The van der Waals surface area contributed by atoms with E-state index >= 15 is 0 Å². The number of rotatable bonds is 2. The lowest BCUT2D eigenvalue weighted by molar-refractivity contribution is 0.0389. The molecule has 0 radical (unpaired) electrons. The van der Waals surface area contributed by atoms with E-state index in [-0.39, 0.29) is 5.56 Å². The zero-order valence-corrected chi connectivity index (χ0v) is 9.97. The monoisotopic (exact) mass is 247 g/mol. The fourth-order valence-corrected chi connectivity index (χ4v) is 1.53. The van der Waals surface area contributed by atoms with E-state index in [1.54, 1.807) is 20.8 Å². The van der Waals surface area contributed by atoms with Gasteiger partial charge in [0.25, 0.3) is 0 Å². The Hall–Kier alpha value is -1.07. The summed E-state index contributed by atoms with van der Waals surface area (Å²) in [5, 5.41) is 9.88. The first-order chi connectivity index (χ1) is 7.64. The summed E-state index contributed by atoms with van der Waals surface area (Å²) in [5.74, 6) is -3.45. The predicted molar refractivity (Wildman–Crippen MR) is 58.7 cm³/mol. The van der Waals surface area contributed by atoms with E-state index in [0.717, 1.165) is 6.07 Å². The lowest BCUT2D eigenvalue weighted by Gasteiger charge is -2.31. The highest BCUT2D eigenvalue weighted by molar-refractivity contribution is 5.24. The Kier molecular flexibility index (Phi) is 3.84. The summed E-state index contributed by atoms with van der Waals surface area (Å²) >= 11 is 0. The van der Waals surface area contributed by atoms with E-state index < -0.39 is 35.0 Å². The smallest absolute Gasteiger partial charge is 0.163 e. The zero-order chi connectivity index (χ0) is 13.4. The van der Waals surface area contributed by atoms with Gasteiger partial charge in [0.15, 0.2) is 11.6 Å². The fourth-order valence-electron chi connectivity index (χ4n) is 1.53. The van der Waals surface area contributed by atoms with Crippen LogP contribution in [0.15, 0.2) is 12.1 Å². The van der Waals surface area contributed by atoms with E-state index in [0.29, 0.717) is 6.07 Å². The van der Waals surface area contributed by atoms with Crippen LogP contribution < -0.4 is 5.73 Å². The molecule has 0 fully saturated rings. The van der Waals surface area contributed by atoms with Gasteiger partial charge in [0.1, 0.15) is 5.82 Å². The minimum absolute atomic E-state index is 0.357. The highest BCUT2D eigenvalue weighted by atomic mass is 19.2. The van der Waals surface area contributed by atoms with Gasteiger partial charge in [0.05, 0.1) is 12.1 Å². The van der Waals surface area contributed by atoms with Crippen LogP contribution in [-0.2, 0) is 0 Å². The Bertz CT molecular complexity index is 415. The van der Waals surface area contributed by atoms with Crippen molar-refractivity contribution in [2.45, 2.75) is 32.9 Å². The highest BCUT2D eigenvalue weighted by Gasteiger charge is 2.31. The molecule has 1 aromatic rings. The first-order valence-corrected chi connectivity index (χ1v) is 5.22. The van der Waals surface area contributed by atoms with Gasteiger partial charge in [-0.2, -0.15) is 0 Å². The average molecular weight is 247 g/mol. The van der Waals surface area contributed by atoms with Crippen LogP contribution in [0.3, 0.4) is 0 Å². The van der Waals surface area contributed by atoms with Gasteiger partial charge in [0.2, 0.25) is 0 Å². The molecule has 0 saturated heterocycles. The molecule has 1 aromatic carbocycles. The van der Waals surface area contributed by atoms with Gasteiger partial charge in [-0.25, -0.2) is 13.2 Å². The number of aliphatic hydroxyl groups excluding tert-OH is 1. The molecule has 0 spiro atoms. The first-order valence-electron chi connectivity index (χ1n) is 5.22. The molecular weight excluding hydrogens is 231 g/mol. The molecule has 2 atom stereocenters. The Labute approximate surface area is 98.3 Å². The summed E-state index contributed by atoms with van der Waals surface area (Å²) in [6.45, 7) is 5.10. The molecule has 0 bridgehead atoms. The van der Waals surface area contributed by atoms with Crippen molar-refractivity contribution in [2.24, 2.45) is 11.1 Å². The molecule has 2 nitrogen and oxygen atoms in total. The Morgan fingerprint density at radius 2 is 1.71 bits per heavy atom. The van der Waals surface area contributed by atoms with Gasteiger partial charge in [-0.15, -0.1) is 0 Å². The van der Waals surface area contributed by atoms with Crippen molar-refractivity contribution in [2.75, 3.05) is 0 Å². The van der Waals surface area contributed by atoms with Crippen LogP contribution in [0.25, 0.3) is 0 Å². The molecule has 0 amide bonds. The molecule has 0 saturated carbocycles. The molecule has 0 aliphatic heterocycles. The van der Waals surface area contributed by atoms with Gasteiger partial charge < -0.3 is 10.8 Å². The SMILES string of the molecule is CC(C)(C)[C@H](O)[C@H](N)c1cc(F)cc(F)c1F. The van der Waals surface area contributed by atoms with Crippen LogP contribution in [0.5, 0.6) is 0 Å². The number of benzene rings is 1. The second kappa shape index (κ2) is 4.66. The molecule has 0 aromatic heterocycles. The maximum Gasteiger partial charge on any atom is 0.163 e. The second-order valence-corrected chi connectivity index (χ2v) is 5.13. The summed E-state index contributed by atoms with van der Waals surface area (Å²) in [7, 11) is 0. The standard InChI is InChI=1S/C12H16F3NO/c1-12(2,3)11(17)10(16)7-4-6(13)5-8(14)9(7)15/h4-5,10-11,17H,16H2,1-3H3/t10-,11-/m1/s1. The third kappa shape index (κ3) is 2.98. The topological polar surface area (TPSA) is 46.2 Å². The number of halogens is 3. The maximum atomic E-state index is 13.4. The van der Waals surface area contributed by atoms with Gasteiger partial charge in [-0.05, 0) is 11.5 Å². The maximum absolute atomic E-state index is 13.4. The lowest BCUT2D eigenvalue weighted by atomic mass is 9.82. The van der Waals surface area contributed by atoms with E-state index in [9.17, 15) is 18.3 Å². The van der Waals surface area contributed by atoms with E-state index in [2.05, 4.69) is 0 Å². The molecule has 0 heterocycles. The van der Waals surface area contributed by atoms with Crippen LogP contribution in [0.2, 0.25) is 0 Å². The van der Waals surface area contributed by atoms with E-state index in [1.165, 1.54) is 0 Å². The summed E-state index contributed by atoms with van der Waals surface area (Å²) in [6, 6.07) is 0.0627. The Balaban J connectivity index is 3.17. The van der Waals surface area contributed by atoms with Gasteiger partial charge in [0, 0.05) is 11.6 Å². The molecule has 3 N–H and O–H groups in total. The second-order valence-electron chi connectivity index (χ2n) is 5.13. The minimum atomic E-state index is -1.31. The normalized spacial score (nSPS) is 15.8. The molecule has 1 rings (SSSR count). The van der Waals surface area contributed by atoms with Gasteiger partial charge in [-0.3, -0.25) is 0 Å². The number of aliphatic hydroxyl groups is 1. The molecule has 5 heteroatoms. The Morgan fingerprint density at radius 3 is 2.18 bits per heavy atom. The molecule has 0 aliphatic rings. The van der Waals surface area contributed by atoms with Crippen LogP contribution in [0.1, 0.15) is 32.4 Å². The van der Waals surface area contributed by atoms with Crippen LogP contribution >= 0.6 is 0 Å². The lowest BCUT2D eigenvalue weighted by Crippen LogP contribution is -2.37. The third-order valence-electron chi connectivity index (χ3n) is 2.61. The van der Waals surface area contributed by atoms with Crippen LogP contribution in [0.4, 0.5) is 13.2 Å². The highest BCUT2D eigenvalue weighted by Crippen LogP contribution is 2.30. The van der Waals surface area contributed by atoms with Crippen molar-refractivity contribution in [3.8, 4) is 0 Å². The van der Waals surface area contributed by atoms with Crippen molar-refractivity contribution < 1.29 is 18.3 Å². The molecule has 96 valence electrons. The molecule has 17 heavy (non-hydrogen) atoms. The minimum Gasteiger partial charge on any atom is -0.391 e. The molecule has 0 aliphatic carbocycles. The summed E-state index contributed by atoms with van der Waals surface area (Å²) < 4.78 is 39.4. The van der Waals surface area contributed by atoms with Crippen molar-refractivity contribution in [3.63, 3.8) is 0 Å². The largest absolute Gasteiger partial charge is 0.391 e. The summed E-state index contributed by atoms with van der Waals surface area (Å²) in [4.78, 5) is 0. The van der Waals surface area contributed by atoms with Crippen molar-refractivity contribution in [3.05, 3.63) is 35.1 Å². The van der Waals surface area contributed by atoms with E-state index in [1.807, 2.05) is 0 Å². The number of nitrogens with two attached hydrogens (primary N) is 1. The number of hydrogen-bond acceptors (Lipinski definition) is 2. The summed E-state index contributed by atoms with van der Waals surface area (Å²) in [6.07, 6.45) is -1.11. The van der Waals surface area contributed by atoms with Crippen LogP contribution in [0, 0.1) is 22.9 Å². The molecular formula is C12H16F3NO. The predicted octanol–water partition coefficient (Wildman–Crippen LogP) is 2.51. The fraction of sp³-hybridized carbons (Fsp3) is 0.500. The third-order valence-corrected chi connectivity index (χ3v) is 2.61. The van der Waals surface area contributed by atoms with Gasteiger partial charge >= 0.3 is 0 Å². The van der Waals surface area contributed by atoms with Crippen molar-refractivity contribution >= 4 is 0 Å². The van der Waals surface area contributed by atoms with Crippen LogP contribution in [-0.4, -0.2) is 11.2 Å². The van der Waals surface area contributed by atoms with E-state index in [4.69, 9.17) is 5.73 Å². The Morgan fingerprint density at radius 1 is 1.18 bits per heavy atom. The van der Waals surface area contributed by atoms with Gasteiger partial charge in [-0.1, -0.05) is 20.8 Å². The average Bonchev–Trinajstić information content (AvgIpc) is 2.20. The summed E-state index contributed by atoms with van der Waals surface area (Å²) in [5.41, 5.74) is 4.67. The zero-order valence-electron chi connectivity index (χ0n) is 9.97. The first kappa shape index (κ1) is 14.0. The molecule has 0 unspecified atom stereocenters. The quantitative estimate of drug-likeness (QED) is 0.789. The van der Waals surface area contributed by atoms with Crippen molar-refractivity contribution in [1.82, 2.24) is 0 Å². The number of hydrogen-bond donors (Lipinski definition) is 2. The van der Waals surface area contributed by atoms with Crippen molar-refractivity contribution in [1.29, 1.82) is 0 Å².